The molecular weight excluding hydrogens is 570 g/mol. The van der Waals surface area contributed by atoms with Crippen LogP contribution in [0.5, 0.6) is 0 Å². The third-order valence-electron chi connectivity index (χ3n) is 6.88. The van der Waals surface area contributed by atoms with E-state index in [2.05, 4.69) is 10.0 Å². The number of nitrogens with one attached hydrogen (secondary N) is 2. The van der Waals surface area contributed by atoms with E-state index in [4.69, 9.17) is 4.74 Å². The first-order chi connectivity index (χ1) is 20.2. The van der Waals surface area contributed by atoms with Crippen molar-refractivity contribution in [3.05, 3.63) is 77.9 Å². The molecule has 0 spiro atoms. The van der Waals surface area contributed by atoms with Gasteiger partial charge in [-0.3, -0.25) is 29.4 Å². The van der Waals surface area contributed by atoms with E-state index in [-0.39, 0.29) is 41.3 Å². The van der Waals surface area contributed by atoms with Crippen molar-refractivity contribution in [2.24, 2.45) is 5.92 Å². The van der Waals surface area contributed by atoms with Gasteiger partial charge in [0.2, 0.25) is 0 Å². The van der Waals surface area contributed by atoms with Gasteiger partial charge in [-0.2, -0.15) is 0 Å². The predicted octanol–water partition coefficient (Wildman–Crippen LogP) is 4.05. The lowest BCUT2D eigenvalue weighted by Gasteiger charge is -2.29. The van der Waals surface area contributed by atoms with Crippen molar-refractivity contribution in [3.8, 4) is 0 Å². The highest BCUT2D eigenvalue weighted by atomic mass is 32.2. The van der Waals surface area contributed by atoms with Gasteiger partial charge in [-0.25, -0.2) is 13.1 Å². The summed E-state index contributed by atoms with van der Waals surface area (Å²) < 4.78 is 33.5. The van der Waals surface area contributed by atoms with Gasteiger partial charge in [-0.05, 0) is 74.6 Å². The smallest absolute Gasteiger partial charge is 0.323 e. The third kappa shape index (κ3) is 7.66. The number of imide groups is 1. The predicted molar refractivity (Wildman–Crippen MR) is 162 cm³/mol. The van der Waals surface area contributed by atoms with Crippen LogP contribution in [0.25, 0.3) is 10.8 Å². The largest absolute Gasteiger partial charge is 0.459 e. The summed E-state index contributed by atoms with van der Waals surface area (Å²) in [5.74, 6) is -2.52. The number of sulfonamides is 1. The molecule has 10 nitrogen and oxygen atoms in total. The Balaban J connectivity index is 1.56. The number of hydrogen-bond donors (Lipinski definition) is 2. The molecule has 0 radical (unpaired) electrons. The highest BCUT2D eigenvalue weighted by molar-refractivity contribution is 7.90. The van der Waals surface area contributed by atoms with Gasteiger partial charge >= 0.3 is 5.97 Å². The molecule has 1 heterocycles. The lowest BCUT2D eigenvalue weighted by Crippen LogP contribution is -2.54. The molecule has 2 atom stereocenters. The highest BCUT2D eigenvalue weighted by Crippen LogP contribution is 2.28. The number of benzene rings is 3. The van der Waals surface area contributed by atoms with Crippen LogP contribution in [0.3, 0.4) is 0 Å². The molecule has 1 aliphatic heterocycles. The van der Waals surface area contributed by atoms with Gasteiger partial charge in [0, 0.05) is 6.54 Å². The summed E-state index contributed by atoms with van der Waals surface area (Å²) in [5, 5.41) is 4.63. The maximum atomic E-state index is 13.3. The van der Waals surface area contributed by atoms with Crippen LogP contribution >= 0.6 is 0 Å². The standard InChI is InChI=1S/C32H37N3O7S/c1-20(2)17-27(28(36)34-43(40,41)23-13-7-6-8-14-23)33-26(31(39)42-32(3,4)5)15-16-35-29(37)24-18-21-11-9-10-12-22(21)19-25(24)30(35)38/h6-14,18-20,26-27,33H,15-17H2,1-5H3,(H,34,36)/t26-,27+/m1/s1. The second kappa shape index (κ2) is 12.6. The van der Waals surface area contributed by atoms with E-state index in [0.717, 1.165) is 15.7 Å². The minimum atomic E-state index is -4.17. The molecular formula is C32H37N3O7S. The Labute approximate surface area is 251 Å². The number of nitrogens with zero attached hydrogens (tertiary/aromatic N) is 1. The Kier molecular flexibility index (Phi) is 9.36. The second-order valence-electron chi connectivity index (χ2n) is 12.0. The Morgan fingerprint density at radius 1 is 0.860 bits per heavy atom. The molecule has 2 N–H and O–H groups in total. The van der Waals surface area contributed by atoms with E-state index in [1.165, 1.54) is 12.1 Å². The summed E-state index contributed by atoms with van der Waals surface area (Å²) in [7, 11) is -4.17. The van der Waals surface area contributed by atoms with Crippen LogP contribution in [0.1, 0.15) is 68.2 Å². The summed E-state index contributed by atoms with van der Waals surface area (Å²) in [6, 6.07) is 16.0. The third-order valence-corrected chi connectivity index (χ3v) is 8.25. The molecule has 228 valence electrons. The number of rotatable bonds is 11. The summed E-state index contributed by atoms with van der Waals surface area (Å²) in [6.07, 6.45) is 0.141. The van der Waals surface area contributed by atoms with Crippen LogP contribution in [0.2, 0.25) is 0 Å². The quantitative estimate of drug-likeness (QED) is 0.246. The fourth-order valence-corrected chi connectivity index (χ4v) is 5.95. The van der Waals surface area contributed by atoms with Gasteiger partial charge < -0.3 is 4.74 Å². The normalized spacial score (nSPS) is 15.0. The van der Waals surface area contributed by atoms with Gasteiger partial charge in [-0.15, -0.1) is 0 Å². The zero-order chi connectivity index (χ0) is 31.5. The van der Waals surface area contributed by atoms with Gasteiger partial charge in [0.1, 0.15) is 11.6 Å². The summed E-state index contributed by atoms with van der Waals surface area (Å²) in [4.78, 5) is 54.2. The number of esters is 1. The van der Waals surface area contributed by atoms with Gasteiger partial charge in [0.15, 0.2) is 0 Å². The Hall–Kier alpha value is -4.09. The van der Waals surface area contributed by atoms with E-state index in [0.29, 0.717) is 0 Å². The van der Waals surface area contributed by atoms with Gasteiger partial charge in [0.25, 0.3) is 27.7 Å². The Bertz CT molecular complexity index is 1590. The minimum absolute atomic E-state index is 0.0488. The topological polar surface area (TPSA) is 139 Å². The van der Waals surface area contributed by atoms with Crippen LogP contribution in [0, 0.1) is 5.92 Å². The number of fused-ring (bicyclic) bond motifs is 2. The van der Waals surface area contributed by atoms with Crippen molar-refractivity contribution in [2.75, 3.05) is 6.54 Å². The van der Waals surface area contributed by atoms with Gasteiger partial charge in [0.05, 0.1) is 22.1 Å². The van der Waals surface area contributed by atoms with E-state index in [1.54, 1.807) is 51.1 Å². The van der Waals surface area contributed by atoms with Crippen LogP contribution in [-0.2, 0) is 24.3 Å². The van der Waals surface area contributed by atoms with Crippen LogP contribution < -0.4 is 10.0 Å². The summed E-state index contributed by atoms with van der Waals surface area (Å²) in [6.45, 7) is 8.68. The molecule has 3 aromatic rings. The zero-order valence-electron chi connectivity index (χ0n) is 24.9. The van der Waals surface area contributed by atoms with Crippen molar-refractivity contribution in [1.82, 2.24) is 14.9 Å². The van der Waals surface area contributed by atoms with Crippen molar-refractivity contribution in [2.45, 2.75) is 70.0 Å². The van der Waals surface area contributed by atoms with Crippen molar-refractivity contribution in [1.29, 1.82) is 0 Å². The molecule has 4 rings (SSSR count). The van der Waals surface area contributed by atoms with E-state index >= 15 is 0 Å². The number of carbonyl (C=O) groups excluding carboxylic acids is 4. The molecule has 0 bridgehead atoms. The first-order valence-electron chi connectivity index (χ1n) is 14.2. The molecule has 0 saturated heterocycles. The molecule has 0 aliphatic carbocycles. The molecule has 43 heavy (non-hydrogen) atoms. The molecule has 0 aromatic heterocycles. The molecule has 3 amide bonds. The number of hydrogen-bond acceptors (Lipinski definition) is 8. The van der Waals surface area contributed by atoms with Crippen LogP contribution in [0.4, 0.5) is 0 Å². The second-order valence-corrected chi connectivity index (χ2v) is 13.7. The van der Waals surface area contributed by atoms with E-state index in [1.807, 2.05) is 38.1 Å². The maximum absolute atomic E-state index is 13.3. The fourth-order valence-electron chi connectivity index (χ4n) is 4.91. The average Bonchev–Trinajstić information content (AvgIpc) is 3.16. The Morgan fingerprint density at radius 3 is 1.91 bits per heavy atom. The van der Waals surface area contributed by atoms with Gasteiger partial charge in [-0.1, -0.05) is 56.3 Å². The monoisotopic (exact) mass is 607 g/mol. The minimum Gasteiger partial charge on any atom is -0.459 e. The fraction of sp³-hybridized carbons (Fsp3) is 0.375. The molecule has 0 unspecified atom stereocenters. The lowest BCUT2D eigenvalue weighted by atomic mass is 10.0. The van der Waals surface area contributed by atoms with E-state index < -0.39 is 51.4 Å². The molecule has 0 fully saturated rings. The zero-order valence-corrected chi connectivity index (χ0v) is 25.7. The Morgan fingerprint density at radius 2 is 1.40 bits per heavy atom. The van der Waals surface area contributed by atoms with Crippen molar-refractivity contribution in [3.63, 3.8) is 0 Å². The number of carbonyl (C=O) groups is 4. The highest BCUT2D eigenvalue weighted by Gasteiger charge is 2.38. The molecule has 1 aliphatic rings. The first kappa shape index (κ1) is 31.8. The number of ether oxygens (including phenoxy) is 1. The van der Waals surface area contributed by atoms with Crippen molar-refractivity contribution >= 4 is 44.5 Å². The summed E-state index contributed by atoms with van der Waals surface area (Å²) in [5.41, 5.74) is -0.290. The molecule has 3 aromatic carbocycles. The van der Waals surface area contributed by atoms with Crippen LogP contribution in [0.15, 0.2) is 71.6 Å². The van der Waals surface area contributed by atoms with Crippen LogP contribution in [-0.4, -0.2) is 61.2 Å². The molecule has 0 saturated carbocycles. The SMILES string of the molecule is CC(C)C[C@H](N[C@H](CCN1C(=O)c2cc3ccccc3cc2C1=O)C(=O)OC(C)(C)C)C(=O)NS(=O)(=O)c1ccccc1. The van der Waals surface area contributed by atoms with E-state index in [9.17, 15) is 27.6 Å². The summed E-state index contributed by atoms with van der Waals surface area (Å²) >= 11 is 0. The number of amides is 3. The average molecular weight is 608 g/mol. The lowest BCUT2D eigenvalue weighted by molar-refractivity contribution is -0.158. The van der Waals surface area contributed by atoms with Crippen molar-refractivity contribution < 1.29 is 32.3 Å². The first-order valence-corrected chi connectivity index (χ1v) is 15.6. The maximum Gasteiger partial charge on any atom is 0.323 e. The molecule has 11 heteroatoms.